The Bertz CT molecular complexity index is 7420. The van der Waals surface area contributed by atoms with Crippen molar-refractivity contribution in [2.24, 2.45) is 7.05 Å². The molecule has 21 rings (SSSR count). The number of ether oxygens (including phenoxy) is 3. The van der Waals surface area contributed by atoms with Gasteiger partial charge in [0.1, 0.15) is 44.4 Å². The summed E-state index contributed by atoms with van der Waals surface area (Å²) < 4.78 is 62.5. The van der Waals surface area contributed by atoms with Gasteiger partial charge in [-0.1, -0.05) is 233 Å². The Morgan fingerprint density at radius 2 is 1.03 bits per heavy atom. The van der Waals surface area contributed by atoms with Gasteiger partial charge in [-0.05, 0) is 201 Å². The van der Waals surface area contributed by atoms with Crippen molar-refractivity contribution >= 4 is 206 Å². The summed E-state index contributed by atoms with van der Waals surface area (Å²) in [6.45, 7) is 14.1. The quantitative estimate of drug-likeness (QED) is 0.0319. The molecule has 24 heteroatoms. The Kier molecular flexibility index (Phi) is 30.1. The lowest BCUT2D eigenvalue weighted by Crippen LogP contribution is -3.00. The number of hydrogen-bond donors (Lipinski definition) is 0. The van der Waals surface area contributed by atoms with Crippen LogP contribution in [0.2, 0.25) is 0 Å². The number of para-hydroxylation sites is 7. The van der Waals surface area contributed by atoms with Gasteiger partial charge < -0.3 is 98.9 Å². The third-order valence-electron chi connectivity index (χ3n) is 22.3. The van der Waals surface area contributed by atoms with Crippen LogP contribution in [0.15, 0.2) is 369 Å². The molecule has 12 aromatic carbocycles. The molecule has 0 saturated heterocycles. The third kappa shape index (κ3) is 20.2. The van der Waals surface area contributed by atoms with Gasteiger partial charge >= 0.3 is 0 Å². The van der Waals surface area contributed by atoms with Crippen LogP contribution in [0.25, 0.3) is 91.7 Å². The number of benzene rings is 12. The summed E-state index contributed by atoms with van der Waals surface area (Å²) >= 11 is 16.2. The number of aromatic nitrogens is 4. The van der Waals surface area contributed by atoms with Gasteiger partial charge in [0.15, 0.2) is 23.1 Å². The molecule has 0 unspecified atom stereocenters. The van der Waals surface area contributed by atoms with Crippen LogP contribution in [0.5, 0.6) is 17.2 Å². The highest BCUT2D eigenvalue weighted by molar-refractivity contribution is 8.03. The molecule has 0 N–H and O–H groups in total. The first-order valence-electron chi connectivity index (χ1n) is 41.9. The molecule has 9 heterocycles. The molecule has 0 amide bonds. The first-order chi connectivity index (χ1) is 61.9. The van der Waals surface area contributed by atoms with Gasteiger partial charge in [-0.25, -0.2) is 8.42 Å². The molecule has 4 aliphatic heterocycles. The molecule has 0 bridgehead atoms. The number of nitrogens with zero attached hydrogens (tertiary/aromatic N) is 8. The standard InChI is InChI=1S/C27H25N2OS.C27H21N2S2.C23H18N2OS2.C21H21N2OS2.C7H8O3S.2HI/c1-3-28-22-14-8-10-16-24(22)30-26(28)19-18-21(20-12-6-5-7-13-20)27-29(4-2)23-15-9-11-17-25(23)31-27;1-28-22-14-18-8-3-5-10-20(18)16-24(22)30-26(28)12-7-13-27-29(2)23-15-19-9-4-6-11-21(19)17-25(23)31-27;1-2-24-19-11-5-6-12-20(19)26-21(24)13-7-8-16-14-23-25(22(27)15-28-23)18-10-4-3-9-17(16)18;1-4-23-16-8-5-6-9-19(16)26-21(23)11-7-10-20-22(2)17-14-15(25-3)12-13-18(17)24-20;1-6-2-4-7(5-3-6)11(8,9)10;;/h5-19H,3-4H2,1-2H3;3-17H,1-2H3;3-15H,2H2,1H3;5-14H,4H2,1-3H3;2-5H,1H3,(H,8,9,10);2*1H/q2*+1;;+1;;;/p-3. The van der Waals surface area contributed by atoms with E-state index in [9.17, 15) is 13.0 Å². The van der Waals surface area contributed by atoms with Crippen molar-refractivity contribution in [1.29, 1.82) is 0 Å². The van der Waals surface area contributed by atoms with Crippen LogP contribution >= 0.6 is 68.9 Å². The van der Waals surface area contributed by atoms with Gasteiger partial charge in [-0.15, -0.1) is 11.8 Å². The van der Waals surface area contributed by atoms with Gasteiger partial charge in [0.05, 0.1) is 48.7 Å². The van der Waals surface area contributed by atoms with Crippen LogP contribution in [0, 0.1) is 6.92 Å². The smallest absolute Gasteiger partial charge is 0.270 e. The maximum Gasteiger partial charge on any atom is 0.270 e. The van der Waals surface area contributed by atoms with Crippen molar-refractivity contribution < 1.29 is 93.2 Å². The van der Waals surface area contributed by atoms with E-state index < -0.39 is 10.1 Å². The second-order valence-electron chi connectivity index (χ2n) is 30.1. The normalized spacial score (nSPS) is 14.5. The molecular formula is C105H92I2N8O6S8. The topological polar surface area (TPSA) is 114 Å². The Labute approximate surface area is 817 Å². The number of pyridine rings is 1. The average molecular weight is 2070 g/mol. The second-order valence-corrected chi connectivity index (χ2v) is 37.8. The zero-order valence-corrected chi connectivity index (χ0v) is 83.1. The van der Waals surface area contributed by atoms with Gasteiger partial charge in [-0.2, -0.15) is 18.1 Å². The number of halogens is 2. The molecule has 0 fully saturated rings. The highest BCUT2D eigenvalue weighted by atomic mass is 127. The minimum absolute atomic E-state index is 0. The van der Waals surface area contributed by atoms with Crippen LogP contribution in [0.1, 0.15) is 59.4 Å². The highest BCUT2D eigenvalue weighted by Crippen LogP contribution is 2.48. The molecule has 0 radical (unpaired) electrons. The van der Waals surface area contributed by atoms with Crippen LogP contribution in [-0.2, 0) is 42.9 Å². The Balaban J connectivity index is 0.000000127. The monoisotopic (exact) mass is 2070 g/mol. The van der Waals surface area contributed by atoms with Gasteiger partial charge in [-0.3, -0.25) is 0 Å². The second kappa shape index (κ2) is 41.8. The number of allylic oxidation sites excluding steroid dienone is 8. The summed E-state index contributed by atoms with van der Waals surface area (Å²) in [6.07, 6.45) is 25.5. The summed E-state index contributed by atoms with van der Waals surface area (Å²) in [5.74, 6) is 5.29. The zero-order chi connectivity index (χ0) is 87.8. The maximum absolute atomic E-state index is 10.4. The molecule has 0 atom stereocenters. The predicted molar refractivity (Wildman–Crippen MR) is 534 cm³/mol. The number of anilines is 4. The number of hydrogen-bond acceptors (Lipinski definition) is 17. The number of rotatable bonds is 15. The fourth-order valence-electron chi connectivity index (χ4n) is 15.8. The molecule has 14 nitrogen and oxygen atoms in total. The van der Waals surface area contributed by atoms with Crippen LogP contribution in [-0.4, -0.2) is 46.4 Å². The molecule has 650 valence electrons. The summed E-state index contributed by atoms with van der Waals surface area (Å²) in [7, 11) is 2.08. The van der Waals surface area contributed by atoms with Gasteiger partial charge in [0, 0.05) is 84.8 Å². The predicted octanol–water partition coefficient (Wildman–Crippen LogP) is 19.1. The number of thiazole rings is 4. The molecular weight excluding hydrogens is 1980 g/mol. The van der Waals surface area contributed by atoms with Crippen LogP contribution in [0.4, 0.5) is 22.7 Å². The van der Waals surface area contributed by atoms with Crippen LogP contribution < -0.4 is 99.9 Å². The van der Waals surface area contributed by atoms with E-state index in [0.29, 0.717) is 0 Å². The number of aryl methyl sites for hydroxylation is 4. The molecule has 0 aliphatic carbocycles. The minimum atomic E-state index is -4.27. The summed E-state index contributed by atoms with van der Waals surface area (Å²) in [5, 5.41) is 14.2. The molecule has 5 aromatic heterocycles. The third-order valence-corrected chi connectivity index (χ3v) is 29.8. The Morgan fingerprint density at radius 1 is 0.496 bits per heavy atom. The van der Waals surface area contributed by atoms with E-state index in [4.69, 9.17) is 26.8 Å². The van der Waals surface area contributed by atoms with Crippen molar-refractivity contribution in [3.8, 4) is 17.2 Å². The minimum Gasteiger partial charge on any atom is -1.00 e. The van der Waals surface area contributed by atoms with E-state index in [2.05, 4.69) is 353 Å². The van der Waals surface area contributed by atoms with E-state index in [1.54, 1.807) is 35.2 Å². The van der Waals surface area contributed by atoms with E-state index >= 15 is 0 Å². The van der Waals surface area contributed by atoms with Crippen molar-refractivity contribution in [2.75, 3.05) is 53.0 Å². The van der Waals surface area contributed by atoms with Crippen LogP contribution in [0.3, 0.4) is 0 Å². The zero-order valence-electron chi connectivity index (χ0n) is 72.3. The molecule has 0 spiro atoms. The highest BCUT2D eigenvalue weighted by Gasteiger charge is 2.30. The summed E-state index contributed by atoms with van der Waals surface area (Å²) in [6, 6.07) is 93.1. The Morgan fingerprint density at radius 3 is 1.69 bits per heavy atom. The number of thioether (sulfide) groups is 2. The van der Waals surface area contributed by atoms with E-state index in [-0.39, 0.29) is 52.8 Å². The van der Waals surface area contributed by atoms with E-state index in [1.807, 2.05) is 114 Å². The fraction of sp³-hybridized carbons (Fsp3) is 0.124. The molecule has 4 aliphatic rings. The molecule has 17 aromatic rings. The first-order valence-corrected chi connectivity index (χ1v) is 49.1. The summed E-state index contributed by atoms with van der Waals surface area (Å²) in [5.41, 5.74) is 14.1. The van der Waals surface area contributed by atoms with E-state index in [0.717, 1.165) is 99.1 Å². The van der Waals surface area contributed by atoms with Crippen molar-refractivity contribution in [3.63, 3.8) is 0 Å². The lowest BCUT2D eigenvalue weighted by atomic mass is 10.1. The molecule has 0 saturated carbocycles. The maximum atomic E-state index is 10.4. The molecule has 129 heavy (non-hydrogen) atoms. The lowest BCUT2D eigenvalue weighted by molar-refractivity contribution is -0.665. The van der Waals surface area contributed by atoms with Gasteiger partial charge in [0.2, 0.25) is 33.8 Å². The first kappa shape index (κ1) is 92.7. The average Bonchev–Trinajstić information content (AvgIpc) is 1.73. The fourth-order valence-corrected chi connectivity index (χ4v) is 22.5. The Hall–Kier alpha value is -11.0. The number of fused-ring (bicyclic) bond motifs is 12. The van der Waals surface area contributed by atoms with Gasteiger partial charge in [0.25, 0.3) is 19.9 Å². The van der Waals surface area contributed by atoms with Crippen molar-refractivity contribution in [1.82, 2.24) is 0 Å². The van der Waals surface area contributed by atoms with E-state index in [1.165, 1.54) is 122 Å². The lowest BCUT2D eigenvalue weighted by Gasteiger charge is -2.15. The summed E-state index contributed by atoms with van der Waals surface area (Å²) in [4.78, 5) is 12.3. The van der Waals surface area contributed by atoms with Crippen molar-refractivity contribution in [2.45, 2.75) is 67.4 Å². The largest absolute Gasteiger partial charge is 1.00 e. The van der Waals surface area contributed by atoms with Crippen molar-refractivity contribution in [3.05, 3.63) is 381 Å². The SMILES string of the molecule is CCN1/C(=C/C=C/c2cc3scc([S-])[n+]3c3ccccc23)Oc2ccccc21.CCN1C(=CC=C(c2ccccc2)c2sc3ccccc3[n+]2CC)Oc2ccccc21.CC[n+]1c(C=CC=C2Oc3ccc(SC)cc3N2C)sc2ccccc21.CN1/C(=C/C=C/c2sc3cc4ccccc4cc3[n+]2C)Sc2cc3ccccc3cc21.Cc1ccc(S(=O)(=O)[O-])cc1.[I-].[I-].